The number of aliphatic hydroxyl groups is 3. The summed E-state index contributed by atoms with van der Waals surface area (Å²) in [6, 6.07) is 6.26. The lowest BCUT2D eigenvalue weighted by Crippen LogP contribution is -2.59. The van der Waals surface area contributed by atoms with Crippen molar-refractivity contribution in [1.29, 1.82) is 0 Å². The second-order valence-electron chi connectivity index (χ2n) is 9.54. The third-order valence-corrected chi connectivity index (χ3v) is 7.88. The Morgan fingerprint density at radius 1 is 1.03 bits per heavy atom. The first-order chi connectivity index (χ1) is 17.3. The highest BCUT2D eigenvalue weighted by atomic mass is 31.2. The van der Waals surface area contributed by atoms with Gasteiger partial charge in [0.25, 0.3) is 0 Å². The van der Waals surface area contributed by atoms with Crippen LogP contribution < -0.4 is 9.47 Å². The van der Waals surface area contributed by atoms with Crippen LogP contribution in [0.2, 0.25) is 0 Å². The van der Waals surface area contributed by atoms with Crippen LogP contribution in [0.5, 0.6) is 11.5 Å². The molecule has 8 nitrogen and oxygen atoms in total. The third kappa shape index (κ3) is 7.25. The molecule has 0 spiro atoms. The second-order valence-corrected chi connectivity index (χ2v) is 12.0. The second kappa shape index (κ2) is 12.1. The summed E-state index contributed by atoms with van der Waals surface area (Å²) in [5, 5.41) is 31.2. The van der Waals surface area contributed by atoms with Crippen LogP contribution in [0.3, 0.4) is 0 Å². The van der Waals surface area contributed by atoms with Gasteiger partial charge < -0.3 is 34.4 Å². The van der Waals surface area contributed by atoms with E-state index in [1.807, 2.05) is 13.8 Å². The minimum atomic E-state index is -4.27. The van der Waals surface area contributed by atoms with Gasteiger partial charge >= 0.3 is 0 Å². The number of rotatable bonds is 10. The molecule has 1 fully saturated rings. The molecule has 0 amide bonds. The Morgan fingerprint density at radius 2 is 1.70 bits per heavy atom. The molecule has 0 bridgehead atoms. The van der Waals surface area contributed by atoms with Crippen molar-refractivity contribution in [1.82, 2.24) is 0 Å². The predicted molar refractivity (Wildman–Crippen MR) is 128 cm³/mol. The molecule has 3 rings (SSSR count). The molecule has 1 aliphatic heterocycles. The normalized spacial score (nSPS) is 25.6. The molecule has 0 aromatic heterocycles. The molecule has 2 unspecified atom stereocenters. The van der Waals surface area contributed by atoms with E-state index in [2.05, 4.69) is 0 Å². The maximum atomic E-state index is 14.0. The fourth-order valence-corrected chi connectivity index (χ4v) is 5.74. The number of hydrogen-bond donors (Lipinski definition) is 4. The minimum absolute atomic E-state index is 0.248. The molecule has 37 heavy (non-hydrogen) atoms. The van der Waals surface area contributed by atoms with E-state index in [0.29, 0.717) is 30.1 Å². The Balaban J connectivity index is 1.74. The average molecular weight is 548 g/mol. The summed E-state index contributed by atoms with van der Waals surface area (Å²) in [6.07, 6.45) is -8.92. The third-order valence-electron chi connectivity index (χ3n) is 6.11. The summed E-state index contributed by atoms with van der Waals surface area (Å²) in [7, 11) is -2.76. The Morgan fingerprint density at radius 3 is 2.35 bits per heavy atom. The molecular weight excluding hydrogens is 516 g/mol. The number of hydrogen-bond acceptors (Lipinski definition) is 7. The summed E-state index contributed by atoms with van der Waals surface area (Å²) in [6.45, 7) is 4.00. The van der Waals surface area contributed by atoms with Gasteiger partial charge in [-0.2, -0.15) is 0 Å². The van der Waals surface area contributed by atoms with E-state index in [1.54, 1.807) is 18.2 Å². The average Bonchev–Trinajstić information content (AvgIpc) is 2.84. The lowest BCUT2D eigenvalue weighted by Gasteiger charge is -2.40. The smallest absolute Gasteiger partial charge is 0.229 e. The van der Waals surface area contributed by atoms with Gasteiger partial charge in [0.15, 0.2) is 11.6 Å². The van der Waals surface area contributed by atoms with E-state index in [9.17, 15) is 37.9 Å². The molecule has 206 valence electrons. The summed E-state index contributed by atoms with van der Waals surface area (Å²) in [5.74, 6) is -2.87. The topological polar surface area (TPSA) is 126 Å². The molecule has 6 atom stereocenters. The van der Waals surface area contributed by atoms with Gasteiger partial charge in [-0.15, -0.1) is 0 Å². The van der Waals surface area contributed by atoms with Crippen molar-refractivity contribution in [3.63, 3.8) is 0 Å². The van der Waals surface area contributed by atoms with E-state index in [0.717, 1.165) is 5.56 Å². The molecule has 1 saturated heterocycles. The molecule has 1 aliphatic rings. The first-order valence-corrected chi connectivity index (χ1v) is 13.8. The van der Waals surface area contributed by atoms with E-state index >= 15 is 0 Å². The van der Waals surface area contributed by atoms with Crippen molar-refractivity contribution >= 4 is 7.37 Å². The van der Waals surface area contributed by atoms with E-state index in [-0.39, 0.29) is 12.3 Å². The first kappa shape index (κ1) is 29.4. The van der Waals surface area contributed by atoms with Crippen molar-refractivity contribution in [3.8, 4) is 11.5 Å². The van der Waals surface area contributed by atoms with Gasteiger partial charge in [0.2, 0.25) is 13.7 Å². The number of halogens is 3. The van der Waals surface area contributed by atoms with Crippen LogP contribution in [0.15, 0.2) is 30.3 Å². The first-order valence-electron chi connectivity index (χ1n) is 11.8. The number of ether oxygens (including phenoxy) is 3. The number of aliphatic hydroxyl groups excluding tert-OH is 3. The monoisotopic (exact) mass is 548 g/mol. The summed E-state index contributed by atoms with van der Waals surface area (Å²) >= 11 is 0. The summed E-state index contributed by atoms with van der Waals surface area (Å²) < 4.78 is 70.8. The molecule has 1 heterocycles. The maximum Gasteiger partial charge on any atom is 0.229 e. The number of methoxy groups -OCH3 is 1. The lowest BCUT2D eigenvalue weighted by molar-refractivity contribution is -0.272. The Labute approximate surface area is 213 Å². The van der Waals surface area contributed by atoms with Crippen LogP contribution in [0, 0.1) is 23.4 Å². The van der Waals surface area contributed by atoms with Crippen LogP contribution >= 0.6 is 7.37 Å². The molecule has 2 aromatic carbocycles. The highest BCUT2D eigenvalue weighted by molar-refractivity contribution is 7.57. The highest BCUT2D eigenvalue weighted by Crippen LogP contribution is 2.47. The molecular formula is C25H32F3O8P. The minimum Gasteiger partial charge on any atom is -0.497 e. The van der Waals surface area contributed by atoms with Gasteiger partial charge in [0.05, 0.1) is 19.4 Å². The van der Waals surface area contributed by atoms with Crippen LogP contribution in [-0.4, -0.2) is 64.2 Å². The molecule has 0 radical (unpaired) electrons. The molecule has 0 aliphatic carbocycles. The van der Waals surface area contributed by atoms with Crippen LogP contribution in [-0.2, 0) is 21.9 Å². The van der Waals surface area contributed by atoms with Crippen molar-refractivity contribution in [2.24, 2.45) is 5.92 Å². The zero-order chi connectivity index (χ0) is 27.5. The summed E-state index contributed by atoms with van der Waals surface area (Å²) in [4.78, 5) is 10.3. The maximum absolute atomic E-state index is 14.0. The van der Waals surface area contributed by atoms with E-state index in [4.69, 9.17) is 14.2 Å². The number of benzene rings is 2. The van der Waals surface area contributed by atoms with Crippen molar-refractivity contribution in [3.05, 3.63) is 58.9 Å². The zero-order valence-corrected chi connectivity index (χ0v) is 21.6. The van der Waals surface area contributed by atoms with Gasteiger partial charge in [-0.05, 0) is 54.7 Å². The molecule has 0 saturated carbocycles. The Bertz CT molecular complexity index is 1130. The molecule has 2 aromatic rings. The Hall–Kier alpha value is -2.14. The van der Waals surface area contributed by atoms with Crippen molar-refractivity contribution in [2.45, 2.75) is 63.6 Å². The summed E-state index contributed by atoms with van der Waals surface area (Å²) in [5.41, 5.74) is -0.105. The highest BCUT2D eigenvalue weighted by Gasteiger charge is 2.45. The fourth-order valence-electron chi connectivity index (χ4n) is 4.14. The fraction of sp³-hybridized carbons (Fsp3) is 0.520. The van der Waals surface area contributed by atoms with Gasteiger partial charge in [0.1, 0.15) is 35.6 Å². The van der Waals surface area contributed by atoms with Crippen LogP contribution in [0.4, 0.5) is 13.2 Å². The van der Waals surface area contributed by atoms with Gasteiger partial charge in [0, 0.05) is 11.7 Å². The largest absolute Gasteiger partial charge is 0.497 e. The molecule has 12 heteroatoms. The van der Waals surface area contributed by atoms with E-state index < -0.39 is 73.4 Å². The quantitative estimate of drug-likeness (QED) is 0.263. The predicted octanol–water partition coefficient (Wildman–Crippen LogP) is 3.36. The van der Waals surface area contributed by atoms with Gasteiger partial charge in [-0.1, -0.05) is 13.8 Å². The van der Waals surface area contributed by atoms with Crippen molar-refractivity contribution < 1.29 is 52.2 Å². The van der Waals surface area contributed by atoms with Gasteiger partial charge in [-0.25, -0.2) is 13.2 Å². The van der Waals surface area contributed by atoms with Crippen LogP contribution in [0.1, 0.15) is 31.4 Å². The lowest BCUT2D eigenvalue weighted by atomic mass is 9.97. The van der Waals surface area contributed by atoms with E-state index in [1.165, 1.54) is 7.11 Å². The Kier molecular flexibility index (Phi) is 9.66. The molecule has 4 N–H and O–H groups in total. The zero-order valence-electron chi connectivity index (χ0n) is 20.7. The SMILES string of the molecule is COc1ccc(OC2O[C@H](CCP(=O)(O)Cc3c(F)ccc(F)c3F)[C@@H](O)[C@H](O)[C@@H]2O)c(CC(C)C)c1. The van der Waals surface area contributed by atoms with Gasteiger partial charge in [-0.3, -0.25) is 4.57 Å². The van der Waals surface area contributed by atoms with Crippen LogP contribution in [0.25, 0.3) is 0 Å². The van der Waals surface area contributed by atoms with Crippen molar-refractivity contribution in [2.75, 3.05) is 13.3 Å². The standard InChI is InChI=1S/C25H32F3O8P/c1-13(2)10-14-11-15(34-3)4-7-19(14)35-25-24(31)23(30)22(29)20(36-25)8-9-37(32,33)12-16-17(26)5-6-18(27)21(16)28/h4-7,11,13,20,22-25,29-31H,8-10,12H2,1-3H3,(H,32,33)/t20-,22-,23+,24+,25?/m1/s1.